The number of benzene rings is 4. The maximum atomic E-state index is 14.3. The quantitative estimate of drug-likeness (QED) is 0.182. The first-order chi connectivity index (χ1) is 21.5. The van der Waals surface area contributed by atoms with Crippen LogP contribution in [0.5, 0.6) is 11.5 Å². The van der Waals surface area contributed by atoms with Gasteiger partial charge in [0.05, 0.1) is 11.9 Å². The van der Waals surface area contributed by atoms with Crippen LogP contribution in [0.4, 0.5) is 5.69 Å². The zero-order chi connectivity index (χ0) is 32.4. The summed E-state index contributed by atoms with van der Waals surface area (Å²) >= 11 is 0. The Balaban J connectivity index is 1.67. The standard InChI is InChI=1S/C36H41N3O5S/c1-5-28(3)37-36(41)34(24-29-12-8-6-9-13-29)38(25-30-18-16-27(2)17-19-30)35(40)26-39(45(4,42)43)31-20-22-33(23-21-31)44-32-14-10-7-11-15-32/h6-23,28,34H,5,24-26H2,1-4H3,(H,37,41). The van der Waals surface area contributed by atoms with Gasteiger partial charge < -0.3 is 15.0 Å². The first kappa shape index (κ1) is 33.3. The third-order valence-electron chi connectivity index (χ3n) is 7.53. The number of sulfonamides is 1. The lowest BCUT2D eigenvalue weighted by molar-refractivity contribution is -0.140. The molecule has 0 aromatic heterocycles. The van der Waals surface area contributed by atoms with Gasteiger partial charge in [-0.3, -0.25) is 13.9 Å². The number of carbonyl (C=O) groups is 2. The highest BCUT2D eigenvalue weighted by Crippen LogP contribution is 2.26. The summed E-state index contributed by atoms with van der Waals surface area (Å²) in [5.41, 5.74) is 3.09. The fourth-order valence-electron chi connectivity index (χ4n) is 4.80. The van der Waals surface area contributed by atoms with Gasteiger partial charge in [0.2, 0.25) is 21.8 Å². The molecular formula is C36H41N3O5S. The van der Waals surface area contributed by atoms with Gasteiger partial charge >= 0.3 is 0 Å². The van der Waals surface area contributed by atoms with E-state index < -0.39 is 28.5 Å². The molecule has 0 spiro atoms. The summed E-state index contributed by atoms with van der Waals surface area (Å²) in [6.07, 6.45) is 2.06. The van der Waals surface area contributed by atoms with Crippen LogP contribution in [0.25, 0.3) is 0 Å². The molecule has 4 aromatic rings. The van der Waals surface area contributed by atoms with Crippen LogP contribution >= 0.6 is 0 Å². The molecule has 45 heavy (non-hydrogen) atoms. The summed E-state index contributed by atoms with van der Waals surface area (Å²) < 4.78 is 33.1. The number of amides is 2. The molecule has 0 aliphatic heterocycles. The number of hydrogen-bond acceptors (Lipinski definition) is 5. The van der Waals surface area contributed by atoms with E-state index in [1.54, 1.807) is 24.3 Å². The van der Waals surface area contributed by atoms with Crippen molar-refractivity contribution in [2.24, 2.45) is 0 Å². The van der Waals surface area contributed by atoms with Gasteiger partial charge in [0.25, 0.3) is 0 Å². The number of ether oxygens (including phenoxy) is 1. The van der Waals surface area contributed by atoms with Crippen LogP contribution in [0, 0.1) is 6.92 Å². The molecule has 0 saturated heterocycles. The summed E-state index contributed by atoms with van der Waals surface area (Å²) in [6.45, 7) is 5.52. The van der Waals surface area contributed by atoms with Gasteiger partial charge in [0, 0.05) is 19.0 Å². The maximum absolute atomic E-state index is 14.3. The predicted octanol–water partition coefficient (Wildman–Crippen LogP) is 6.11. The number of aryl methyl sites for hydroxylation is 1. The van der Waals surface area contributed by atoms with E-state index in [0.717, 1.165) is 33.7 Å². The molecule has 236 valence electrons. The van der Waals surface area contributed by atoms with Gasteiger partial charge in [-0.1, -0.05) is 85.3 Å². The highest BCUT2D eigenvalue weighted by atomic mass is 32.2. The highest BCUT2D eigenvalue weighted by Gasteiger charge is 2.33. The summed E-state index contributed by atoms with van der Waals surface area (Å²) in [5.74, 6) is 0.385. The second-order valence-electron chi connectivity index (χ2n) is 11.2. The van der Waals surface area contributed by atoms with Crippen molar-refractivity contribution in [1.82, 2.24) is 10.2 Å². The van der Waals surface area contributed by atoms with Gasteiger partial charge in [-0.15, -0.1) is 0 Å². The molecule has 2 unspecified atom stereocenters. The number of rotatable bonds is 14. The third kappa shape index (κ3) is 9.68. The molecule has 0 radical (unpaired) electrons. The molecule has 0 heterocycles. The monoisotopic (exact) mass is 627 g/mol. The van der Waals surface area contributed by atoms with Crippen molar-refractivity contribution in [2.75, 3.05) is 17.1 Å². The Morgan fingerprint density at radius 3 is 1.96 bits per heavy atom. The SMILES string of the molecule is CCC(C)NC(=O)C(Cc1ccccc1)N(Cc1ccc(C)cc1)C(=O)CN(c1ccc(Oc2ccccc2)cc1)S(C)(=O)=O. The first-order valence-corrected chi connectivity index (χ1v) is 16.9. The molecule has 2 atom stereocenters. The normalized spacial score (nSPS) is 12.5. The van der Waals surface area contributed by atoms with Crippen LogP contribution in [-0.4, -0.2) is 50.0 Å². The maximum Gasteiger partial charge on any atom is 0.244 e. The molecule has 0 bridgehead atoms. The predicted molar refractivity (Wildman–Crippen MR) is 179 cm³/mol. The zero-order valence-corrected chi connectivity index (χ0v) is 27.0. The van der Waals surface area contributed by atoms with Crippen LogP contribution in [0.1, 0.15) is 37.0 Å². The number of anilines is 1. The highest BCUT2D eigenvalue weighted by molar-refractivity contribution is 7.92. The number of carbonyl (C=O) groups excluding carboxylic acids is 2. The molecule has 2 amide bonds. The Hall–Kier alpha value is -4.63. The van der Waals surface area contributed by atoms with Crippen LogP contribution in [0.2, 0.25) is 0 Å². The molecule has 0 aliphatic carbocycles. The Kier molecular flexibility index (Phi) is 11.4. The van der Waals surface area contributed by atoms with E-state index in [0.29, 0.717) is 17.2 Å². The largest absolute Gasteiger partial charge is 0.457 e. The number of nitrogens with zero attached hydrogens (tertiary/aromatic N) is 2. The molecule has 4 rings (SSSR count). The van der Waals surface area contributed by atoms with Crippen molar-refractivity contribution in [3.8, 4) is 11.5 Å². The zero-order valence-electron chi connectivity index (χ0n) is 26.2. The van der Waals surface area contributed by atoms with E-state index in [9.17, 15) is 18.0 Å². The van der Waals surface area contributed by atoms with E-state index in [1.807, 2.05) is 106 Å². The van der Waals surface area contributed by atoms with Crippen LogP contribution < -0.4 is 14.4 Å². The Labute approximate surface area is 266 Å². The fraction of sp³-hybridized carbons (Fsp3) is 0.278. The van der Waals surface area contributed by atoms with Gasteiger partial charge in [-0.2, -0.15) is 0 Å². The second-order valence-corrected chi connectivity index (χ2v) is 13.1. The van der Waals surface area contributed by atoms with Gasteiger partial charge in [-0.25, -0.2) is 8.42 Å². The smallest absolute Gasteiger partial charge is 0.244 e. The lowest BCUT2D eigenvalue weighted by Gasteiger charge is -2.34. The summed E-state index contributed by atoms with van der Waals surface area (Å²) in [7, 11) is -3.88. The minimum Gasteiger partial charge on any atom is -0.457 e. The van der Waals surface area contributed by atoms with E-state index in [-0.39, 0.29) is 24.9 Å². The van der Waals surface area contributed by atoms with Crippen LogP contribution in [-0.2, 0) is 32.6 Å². The first-order valence-electron chi connectivity index (χ1n) is 15.0. The van der Waals surface area contributed by atoms with Crippen molar-refractivity contribution in [3.05, 3.63) is 126 Å². The molecule has 1 N–H and O–H groups in total. The fourth-order valence-corrected chi connectivity index (χ4v) is 5.65. The van der Waals surface area contributed by atoms with Crippen molar-refractivity contribution in [2.45, 2.75) is 52.2 Å². The number of hydrogen-bond donors (Lipinski definition) is 1. The van der Waals surface area contributed by atoms with Crippen molar-refractivity contribution in [1.29, 1.82) is 0 Å². The summed E-state index contributed by atoms with van der Waals surface area (Å²) in [4.78, 5) is 29.6. The van der Waals surface area contributed by atoms with Crippen LogP contribution in [0.15, 0.2) is 109 Å². The van der Waals surface area contributed by atoms with Crippen molar-refractivity contribution >= 4 is 27.5 Å². The third-order valence-corrected chi connectivity index (χ3v) is 8.67. The Morgan fingerprint density at radius 1 is 0.800 bits per heavy atom. The van der Waals surface area contributed by atoms with Crippen molar-refractivity contribution < 1.29 is 22.7 Å². The molecule has 0 saturated carbocycles. The van der Waals surface area contributed by atoms with Gasteiger partial charge in [-0.05, 0) is 67.8 Å². The molecule has 9 heteroatoms. The molecular weight excluding hydrogens is 586 g/mol. The van der Waals surface area contributed by atoms with Gasteiger partial charge in [0.1, 0.15) is 24.1 Å². The summed E-state index contributed by atoms with van der Waals surface area (Å²) in [6, 6.07) is 32.0. The minimum absolute atomic E-state index is 0.101. The van der Waals surface area contributed by atoms with Crippen molar-refractivity contribution in [3.63, 3.8) is 0 Å². The van der Waals surface area contributed by atoms with E-state index >= 15 is 0 Å². The molecule has 0 aliphatic rings. The van der Waals surface area contributed by atoms with Gasteiger partial charge in [0.15, 0.2) is 0 Å². The Bertz CT molecular complexity index is 1640. The average Bonchev–Trinajstić information content (AvgIpc) is 3.03. The second kappa shape index (κ2) is 15.4. The molecule has 0 fully saturated rings. The Morgan fingerprint density at radius 2 is 1.38 bits per heavy atom. The lowest BCUT2D eigenvalue weighted by Crippen LogP contribution is -2.54. The number of nitrogens with one attached hydrogen (secondary N) is 1. The van der Waals surface area contributed by atoms with E-state index in [2.05, 4.69) is 5.32 Å². The van der Waals surface area contributed by atoms with E-state index in [4.69, 9.17) is 4.74 Å². The lowest BCUT2D eigenvalue weighted by atomic mass is 10.0. The summed E-state index contributed by atoms with van der Waals surface area (Å²) in [5, 5.41) is 3.04. The van der Waals surface area contributed by atoms with Crippen LogP contribution in [0.3, 0.4) is 0 Å². The number of para-hydroxylation sites is 1. The average molecular weight is 628 g/mol. The molecule has 4 aromatic carbocycles. The molecule has 8 nitrogen and oxygen atoms in total. The minimum atomic E-state index is -3.88. The van der Waals surface area contributed by atoms with E-state index in [1.165, 1.54) is 4.90 Å². The topological polar surface area (TPSA) is 96.0 Å².